The number of nitro benzene ring substituents is 1. The number of rotatable bonds is 7. The van der Waals surface area contributed by atoms with Crippen molar-refractivity contribution in [2.75, 3.05) is 12.4 Å². The second-order valence-electron chi connectivity index (χ2n) is 6.73. The fraction of sp³-hybridized carbons (Fsp3) is 0.0870. The van der Waals surface area contributed by atoms with Crippen LogP contribution in [0.15, 0.2) is 75.6 Å². The second-order valence-corrected chi connectivity index (χ2v) is 6.73. The molecule has 2 aromatic carbocycles. The number of methoxy groups -OCH3 is 1. The summed E-state index contributed by atoms with van der Waals surface area (Å²) in [5.41, 5.74) is 1.19. The van der Waals surface area contributed by atoms with Gasteiger partial charge in [0.05, 0.1) is 23.3 Å². The maximum absolute atomic E-state index is 12.8. The minimum atomic E-state index is -0.555. The van der Waals surface area contributed by atoms with Gasteiger partial charge in [0.2, 0.25) is 0 Å². The Balaban J connectivity index is 1.61. The summed E-state index contributed by atoms with van der Waals surface area (Å²) in [6.45, 7) is -0.222. The topological polar surface area (TPSA) is 128 Å². The molecule has 2 aromatic heterocycles. The van der Waals surface area contributed by atoms with Crippen molar-refractivity contribution in [1.29, 1.82) is 0 Å². The van der Waals surface area contributed by atoms with Crippen molar-refractivity contribution in [2.45, 2.75) is 6.61 Å². The van der Waals surface area contributed by atoms with Gasteiger partial charge in [0.15, 0.2) is 5.76 Å². The van der Waals surface area contributed by atoms with Gasteiger partial charge in [-0.05, 0) is 48.5 Å². The lowest BCUT2D eigenvalue weighted by atomic mass is 10.1. The highest BCUT2D eigenvalue weighted by molar-refractivity contribution is 6.03. The Morgan fingerprint density at radius 1 is 1.06 bits per heavy atom. The molecule has 4 rings (SSSR count). The predicted molar refractivity (Wildman–Crippen MR) is 115 cm³/mol. The maximum Gasteiger partial charge on any atom is 0.291 e. The summed E-state index contributed by atoms with van der Waals surface area (Å²) in [5, 5.41) is 23.2. The van der Waals surface area contributed by atoms with E-state index in [0.29, 0.717) is 28.5 Å². The molecule has 162 valence electrons. The molecule has 0 aliphatic rings. The number of carbonyl (C=O) groups excluding carboxylic acids is 1. The van der Waals surface area contributed by atoms with Gasteiger partial charge < -0.3 is 24.0 Å². The Labute approximate surface area is 182 Å². The summed E-state index contributed by atoms with van der Waals surface area (Å²) < 4.78 is 16.5. The molecule has 2 N–H and O–H groups in total. The molecule has 0 unspecified atom stereocenters. The third-order valence-electron chi connectivity index (χ3n) is 4.75. The molecule has 2 heterocycles. The fourth-order valence-corrected chi connectivity index (χ4v) is 3.21. The van der Waals surface area contributed by atoms with Crippen LogP contribution in [0.4, 0.5) is 11.4 Å². The summed E-state index contributed by atoms with van der Waals surface area (Å²) >= 11 is 0. The molecular weight excluding hydrogens is 416 g/mol. The van der Waals surface area contributed by atoms with Crippen LogP contribution in [0.25, 0.3) is 22.6 Å². The van der Waals surface area contributed by atoms with Gasteiger partial charge in [-0.25, -0.2) is 0 Å². The van der Waals surface area contributed by atoms with Crippen molar-refractivity contribution in [3.8, 4) is 28.4 Å². The number of hydrogen-bond donors (Lipinski definition) is 2. The Hall–Kier alpha value is -4.37. The first-order valence-corrected chi connectivity index (χ1v) is 9.53. The summed E-state index contributed by atoms with van der Waals surface area (Å²) in [6.07, 6.45) is 0. The zero-order chi connectivity index (χ0) is 22.7. The SMILES string of the molecule is COc1ccc(-c2ccc(CO)o2)cc1NC(=O)c1ccc(-c2ccccc2[N+](=O)[O-])o1. The molecule has 32 heavy (non-hydrogen) atoms. The molecule has 0 radical (unpaired) electrons. The lowest BCUT2D eigenvalue weighted by molar-refractivity contribution is -0.384. The highest BCUT2D eigenvalue weighted by Crippen LogP contribution is 2.33. The smallest absolute Gasteiger partial charge is 0.291 e. The van der Waals surface area contributed by atoms with Crippen LogP contribution in [0.5, 0.6) is 5.75 Å². The van der Waals surface area contributed by atoms with Crippen molar-refractivity contribution < 1.29 is 28.4 Å². The molecule has 1 amide bonds. The van der Waals surface area contributed by atoms with Crippen LogP contribution in [0.2, 0.25) is 0 Å². The Morgan fingerprint density at radius 2 is 1.84 bits per heavy atom. The van der Waals surface area contributed by atoms with Gasteiger partial charge in [-0.15, -0.1) is 0 Å². The maximum atomic E-state index is 12.8. The number of nitro groups is 1. The highest BCUT2D eigenvalue weighted by Gasteiger charge is 2.20. The van der Waals surface area contributed by atoms with E-state index >= 15 is 0 Å². The van der Waals surface area contributed by atoms with Gasteiger partial charge in [0.1, 0.15) is 29.6 Å². The number of nitrogens with one attached hydrogen (secondary N) is 1. The van der Waals surface area contributed by atoms with Crippen LogP contribution in [0.1, 0.15) is 16.3 Å². The minimum absolute atomic E-state index is 0.0221. The van der Waals surface area contributed by atoms with Crippen LogP contribution < -0.4 is 10.1 Å². The predicted octanol–water partition coefficient (Wildman–Crippen LogP) is 4.87. The van der Waals surface area contributed by atoms with Crippen LogP contribution in [-0.2, 0) is 6.61 Å². The van der Waals surface area contributed by atoms with Crippen LogP contribution in [0.3, 0.4) is 0 Å². The molecule has 0 saturated heterocycles. The first kappa shape index (κ1) is 20.9. The number of furan rings is 2. The molecule has 0 bridgehead atoms. The van der Waals surface area contributed by atoms with Crippen molar-refractivity contribution in [1.82, 2.24) is 0 Å². The van der Waals surface area contributed by atoms with Crippen molar-refractivity contribution in [2.24, 2.45) is 0 Å². The molecule has 0 fully saturated rings. The van der Waals surface area contributed by atoms with E-state index in [1.807, 2.05) is 0 Å². The molecule has 0 aliphatic carbocycles. The fourth-order valence-electron chi connectivity index (χ4n) is 3.21. The van der Waals surface area contributed by atoms with E-state index in [4.69, 9.17) is 13.6 Å². The average molecular weight is 434 g/mol. The normalized spacial score (nSPS) is 10.7. The number of benzene rings is 2. The van der Waals surface area contributed by atoms with Crippen LogP contribution in [0, 0.1) is 10.1 Å². The molecule has 0 saturated carbocycles. The molecule has 4 aromatic rings. The van der Waals surface area contributed by atoms with Gasteiger partial charge in [-0.1, -0.05) is 12.1 Å². The highest BCUT2D eigenvalue weighted by atomic mass is 16.6. The number of hydrogen-bond acceptors (Lipinski definition) is 7. The van der Waals surface area contributed by atoms with Gasteiger partial charge >= 0.3 is 0 Å². The molecule has 9 heteroatoms. The standard InChI is InChI=1S/C23H18N2O7/c1-30-21-8-6-14(19-9-7-15(13-26)31-19)12-17(21)24-23(27)22-11-10-20(32-22)16-4-2-3-5-18(16)25(28)29/h2-12,26H,13H2,1H3,(H,24,27). The van der Waals surface area contributed by atoms with Crippen molar-refractivity contribution >= 4 is 17.3 Å². The monoisotopic (exact) mass is 434 g/mol. The zero-order valence-electron chi connectivity index (χ0n) is 16.9. The molecule has 0 atom stereocenters. The van der Waals surface area contributed by atoms with Gasteiger partial charge in [0.25, 0.3) is 11.6 Å². The first-order valence-electron chi connectivity index (χ1n) is 9.53. The Morgan fingerprint density at radius 3 is 2.56 bits per heavy atom. The van der Waals surface area contributed by atoms with E-state index in [0.717, 1.165) is 0 Å². The van der Waals surface area contributed by atoms with Crippen LogP contribution in [-0.4, -0.2) is 23.0 Å². The summed E-state index contributed by atoms with van der Waals surface area (Å²) in [4.78, 5) is 23.6. The molecular formula is C23H18N2O7. The van der Waals surface area contributed by atoms with E-state index in [-0.39, 0.29) is 29.4 Å². The first-order chi connectivity index (χ1) is 15.5. The zero-order valence-corrected chi connectivity index (χ0v) is 16.9. The number of ether oxygens (including phenoxy) is 1. The summed E-state index contributed by atoms with van der Waals surface area (Å²) in [6, 6.07) is 17.5. The van der Waals surface area contributed by atoms with E-state index in [1.54, 1.807) is 48.5 Å². The third-order valence-corrected chi connectivity index (χ3v) is 4.75. The third kappa shape index (κ3) is 4.09. The number of carbonyl (C=O) groups is 1. The number of aliphatic hydroxyl groups is 1. The van der Waals surface area contributed by atoms with Gasteiger partial charge in [-0.2, -0.15) is 0 Å². The number of anilines is 1. The van der Waals surface area contributed by atoms with Gasteiger partial charge in [0, 0.05) is 11.6 Å². The van der Waals surface area contributed by atoms with E-state index in [9.17, 15) is 20.0 Å². The van der Waals surface area contributed by atoms with Gasteiger partial charge in [-0.3, -0.25) is 14.9 Å². The minimum Gasteiger partial charge on any atom is -0.495 e. The van der Waals surface area contributed by atoms with Crippen LogP contribution >= 0.6 is 0 Å². The lowest BCUT2D eigenvalue weighted by Crippen LogP contribution is -2.11. The molecule has 0 spiro atoms. The Bertz CT molecular complexity index is 1290. The largest absolute Gasteiger partial charge is 0.495 e. The number of para-hydroxylation sites is 1. The molecule has 9 nitrogen and oxygen atoms in total. The van der Waals surface area contributed by atoms with E-state index in [2.05, 4.69) is 5.32 Å². The van der Waals surface area contributed by atoms with E-state index < -0.39 is 10.8 Å². The summed E-state index contributed by atoms with van der Waals surface area (Å²) in [7, 11) is 1.47. The number of amides is 1. The average Bonchev–Trinajstić information content (AvgIpc) is 3.49. The van der Waals surface area contributed by atoms with Crippen molar-refractivity contribution in [3.63, 3.8) is 0 Å². The molecule has 0 aliphatic heterocycles. The summed E-state index contributed by atoms with van der Waals surface area (Å²) in [5.74, 6) is 0.979. The lowest BCUT2D eigenvalue weighted by Gasteiger charge is -2.11. The van der Waals surface area contributed by atoms with Crippen molar-refractivity contribution in [3.05, 3.63) is 88.4 Å². The second kappa shape index (κ2) is 8.78. The quantitative estimate of drug-likeness (QED) is 0.314. The number of nitrogens with zero attached hydrogens (tertiary/aromatic N) is 1. The number of aliphatic hydroxyl groups excluding tert-OH is 1. The Kier molecular flexibility index (Phi) is 5.73. The van der Waals surface area contributed by atoms with E-state index in [1.165, 1.54) is 25.3 Å².